The van der Waals surface area contributed by atoms with Crippen molar-refractivity contribution < 1.29 is 4.52 Å². The molecule has 3 rings (SSSR count). The quantitative estimate of drug-likeness (QED) is 0.368. The van der Waals surface area contributed by atoms with Crippen LogP contribution in [0.3, 0.4) is 0 Å². The number of guanidine groups is 1. The Bertz CT molecular complexity index is 721. The number of aromatic nitrogens is 1. The molecule has 1 atom stereocenters. The molecule has 2 heterocycles. The molecular formula is C17H23BrIN5O. The van der Waals surface area contributed by atoms with Crippen molar-refractivity contribution in [2.75, 3.05) is 25.0 Å². The van der Waals surface area contributed by atoms with Gasteiger partial charge in [-0.1, -0.05) is 17.3 Å². The van der Waals surface area contributed by atoms with Crippen molar-refractivity contribution in [3.63, 3.8) is 0 Å². The Balaban J connectivity index is 0.00000225. The minimum absolute atomic E-state index is 0. The van der Waals surface area contributed by atoms with E-state index in [-0.39, 0.29) is 24.0 Å². The first-order valence-electron chi connectivity index (χ1n) is 8.04. The summed E-state index contributed by atoms with van der Waals surface area (Å²) >= 11 is 3.63. The molecule has 2 aromatic rings. The molecule has 2 N–H and O–H groups in total. The van der Waals surface area contributed by atoms with Gasteiger partial charge in [0, 0.05) is 36.7 Å². The van der Waals surface area contributed by atoms with Crippen LogP contribution in [-0.2, 0) is 6.54 Å². The van der Waals surface area contributed by atoms with Crippen LogP contribution in [0.5, 0.6) is 0 Å². The van der Waals surface area contributed by atoms with Gasteiger partial charge in [-0.05, 0) is 41.4 Å². The Hall–Kier alpha value is -1.29. The van der Waals surface area contributed by atoms with E-state index in [9.17, 15) is 0 Å². The van der Waals surface area contributed by atoms with E-state index in [0.29, 0.717) is 12.6 Å². The first-order chi connectivity index (χ1) is 11.7. The van der Waals surface area contributed by atoms with Crippen molar-refractivity contribution >= 4 is 51.6 Å². The van der Waals surface area contributed by atoms with Gasteiger partial charge in [-0.2, -0.15) is 0 Å². The highest BCUT2D eigenvalue weighted by molar-refractivity contribution is 14.0. The van der Waals surface area contributed by atoms with Crippen LogP contribution in [0.15, 0.2) is 44.3 Å². The van der Waals surface area contributed by atoms with Gasteiger partial charge >= 0.3 is 0 Å². The van der Waals surface area contributed by atoms with Crippen molar-refractivity contribution in [2.24, 2.45) is 4.99 Å². The molecule has 0 bridgehead atoms. The molecule has 1 aliphatic heterocycles. The van der Waals surface area contributed by atoms with Gasteiger partial charge in [0.25, 0.3) is 0 Å². The van der Waals surface area contributed by atoms with Crippen LogP contribution in [0.25, 0.3) is 0 Å². The van der Waals surface area contributed by atoms with Gasteiger partial charge in [0.15, 0.2) is 11.7 Å². The lowest BCUT2D eigenvalue weighted by molar-refractivity contribution is 0.376. The van der Waals surface area contributed by atoms with Crippen molar-refractivity contribution in [3.05, 3.63) is 46.3 Å². The average molecular weight is 520 g/mol. The number of nitrogens with zero attached hydrogens (tertiary/aromatic N) is 3. The Labute approximate surface area is 173 Å². The van der Waals surface area contributed by atoms with Gasteiger partial charge in [-0.25, -0.2) is 0 Å². The second-order valence-corrected chi connectivity index (χ2v) is 6.74. The second-order valence-electron chi connectivity index (χ2n) is 5.89. The zero-order valence-corrected chi connectivity index (χ0v) is 18.2. The highest BCUT2D eigenvalue weighted by Gasteiger charge is 2.24. The third-order valence-electron chi connectivity index (χ3n) is 4.05. The lowest BCUT2D eigenvalue weighted by Crippen LogP contribution is -2.44. The SMILES string of the molecule is CN=C(NCc1cc(C)no1)NC1CCN(c2ccccc2Br)C1.I. The average Bonchev–Trinajstić information content (AvgIpc) is 3.21. The normalized spacial score (nSPS) is 17.3. The largest absolute Gasteiger partial charge is 0.368 e. The summed E-state index contributed by atoms with van der Waals surface area (Å²) < 4.78 is 6.34. The molecular weight excluding hydrogens is 497 g/mol. The number of halogens is 2. The van der Waals surface area contributed by atoms with E-state index in [1.807, 2.05) is 19.1 Å². The molecule has 136 valence electrons. The van der Waals surface area contributed by atoms with Gasteiger partial charge in [0.2, 0.25) is 0 Å². The number of hydrogen-bond acceptors (Lipinski definition) is 4. The number of benzene rings is 1. The summed E-state index contributed by atoms with van der Waals surface area (Å²) in [5, 5.41) is 10.6. The molecule has 1 aromatic heterocycles. The molecule has 0 aliphatic carbocycles. The minimum atomic E-state index is 0. The minimum Gasteiger partial charge on any atom is -0.368 e. The predicted octanol–water partition coefficient (Wildman–Crippen LogP) is 3.31. The third kappa shape index (κ3) is 5.34. The maximum Gasteiger partial charge on any atom is 0.191 e. The molecule has 25 heavy (non-hydrogen) atoms. The number of aliphatic imine (C=N–C) groups is 1. The fraction of sp³-hybridized carbons (Fsp3) is 0.412. The van der Waals surface area contributed by atoms with Crippen LogP contribution in [-0.4, -0.2) is 37.3 Å². The molecule has 0 spiro atoms. The standard InChI is InChI=1S/C17H22BrN5O.HI/c1-12-9-14(24-22-12)10-20-17(19-2)21-13-7-8-23(11-13)16-6-4-3-5-15(16)18;/h3-6,9,13H,7-8,10-11H2,1-2H3,(H2,19,20,21);1H. The van der Waals surface area contributed by atoms with E-state index in [0.717, 1.165) is 41.4 Å². The highest BCUT2D eigenvalue weighted by Crippen LogP contribution is 2.28. The van der Waals surface area contributed by atoms with E-state index in [4.69, 9.17) is 4.52 Å². The highest BCUT2D eigenvalue weighted by atomic mass is 127. The van der Waals surface area contributed by atoms with E-state index >= 15 is 0 Å². The molecule has 0 amide bonds. The zero-order valence-electron chi connectivity index (χ0n) is 14.3. The fourth-order valence-corrected chi connectivity index (χ4v) is 3.40. The predicted molar refractivity (Wildman–Crippen MR) is 115 cm³/mol. The third-order valence-corrected chi connectivity index (χ3v) is 4.72. The van der Waals surface area contributed by atoms with Crippen LogP contribution in [0.4, 0.5) is 5.69 Å². The second kappa shape index (κ2) is 9.42. The van der Waals surface area contributed by atoms with Gasteiger partial charge in [-0.15, -0.1) is 24.0 Å². The summed E-state index contributed by atoms with van der Waals surface area (Å²) in [6, 6.07) is 10.6. The lowest BCUT2D eigenvalue weighted by Gasteiger charge is -2.21. The van der Waals surface area contributed by atoms with Crippen LogP contribution >= 0.6 is 39.9 Å². The first-order valence-corrected chi connectivity index (χ1v) is 8.84. The number of aryl methyl sites for hydroxylation is 1. The molecule has 1 fully saturated rings. The molecule has 1 aliphatic rings. The Morgan fingerprint density at radius 2 is 2.24 bits per heavy atom. The molecule has 1 saturated heterocycles. The van der Waals surface area contributed by atoms with Crippen LogP contribution in [0.2, 0.25) is 0 Å². The van der Waals surface area contributed by atoms with Crippen molar-refractivity contribution in [2.45, 2.75) is 25.9 Å². The molecule has 0 saturated carbocycles. The van der Waals surface area contributed by atoms with E-state index < -0.39 is 0 Å². The first kappa shape index (κ1) is 20.0. The molecule has 1 aromatic carbocycles. The monoisotopic (exact) mass is 519 g/mol. The number of nitrogens with one attached hydrogen (secondary N) is 2. The van der Waals surface area contributed by atoms with Crippen LogP contribution in [0, 0.1) is 6.92 Å². The maximum atomic E-state index is 5.21. The van der Waals surface area contributed by atoms with Crippen LogP contribution < -0.4 is 15.5 Å². The summed E-state index contributed by atoms with van der Waals surface area (Å²) in [5.41, 5.74) is 2.12. The van der Waals surface area contributed by atoms with Crippen LogP contribution in [0.1, 0.15) is 17.9 Å². The Morgan fingerprint density at radius 3 is 2.92 bits per heavy atom. The number of hydrogen-bond donors (Lipinski definition) is 2. The van der Waals surface area contributed by atoms with Gasteiger partial charge in [0.1, 0.15) is 0 Å². The van der Waals surface area contributed by atoms with Gasteiger partial charge < -0.3 is 20.1 Å². The fourth-order valence-electron chi connectivity index (χ4n) is 2.86. The van der Waals surface area contributed by atoms with E-state index in [1.165, 1.54) is 5.69 Å². The summed E-state index contributed by atoms with van der Waals surface area (Å²) in [4.78, 5) is 6.68. The summed E-state index contributed by atoms with van der Waals surface area (Å²) in [6.07, 6.45) is 1.07. The Morgan fingerprint density at radius 1 is 1.44 bits per heavy atom. The van der Waals surface area contributed by atoms with Crippen molar-refractivity contribution in [1.82, 2.24) is 15.8 Å². The summed E-state index contributed by atoms with van der Waals surface area (Å²) in [7, 11) is 1.78. The maximum absolute atomic E-state index is 5.21. The molecule has 8 heteroatoms. The Kier molecular flexibility index (Phi) is 7.55. The number of rotatable bonds is 4. The lowest BCUT2D eigenvalue weighted by atomic mass is 10.2. The summed E-state index contributed by atoms with van der Waals surface area (Å²) in [5.74, 6) is 1.58. The molecule has 6 nitrogen and oxygen atoms in total. The smallest absolute Gasteiger partial charge is 0.191 e. The zero-order chi connectivity index (χ0) is 16.9. The topological polar surface area (TPSA) is 65.7 Å². The van der Waals surface area contributed by atoms with Gasteiger partial charge in [-0.3, -0.25) is 4.99 Å². The van der Waals surface area contributed by atoms with E-state index in [2.05, 4.69) is 59.8 Å². The number of para-hydroxylation sites is 1. The number of anilines is 1. The van der Waals surface area contributed by atoms with Crippen molar-refractivity contribution in [3.8, 4) is 0 Å². The van der Waals surface area contributed by atoms with Crippen molar-refractivity contribution in [1.29, 1.82) is 0 Å². The van der Waals surface area contributed by atoms with Gasteiger partial charge in [0.05, 0.1) is 17.9 Å². The molecule has 0 radical (unpaired) electrons. The summed E-state index contributed by atoms with van der Waals surface area (Å²) in [6.45, 7) is 4.46. The molecule has 1 unspecified atom stereocenters. The van der Waals surface area contributed by atoms with E-state index in [1.54, 1.807) is 7.05 Å².